The predicted octanol–water partition coefficient (Wildman–Crippen LogP) is 1.58. The van der Waals surface area contributed by atoms with Crippen LogP contribution in [-0.2, 0) is 4.74 Å². The second-order valence-electron chi connectivity index (χ2n) is 2.46. The Morgan fingerprint density at radius 1 is 1.55 bits per heavy atom. The van der Waals surface area contributed by atoms with Gasteiger partial charge in [-0.05, 0) is 19.9 Å². The van der Waals surface area contributed by atoms with Crippen LogP contribution in [0.4, 0.5) is 0 Å². The minimum Gasteiger partial charge on any atom is -0.380 e. The van der Waals surface area contributed by atoms with Gasteiger partial charge in [-0.2, -0.15) is 0 Å². The van der Waals surface area contributed by atoms with Crippen LogP contribution in [0.15, 0.2) is 12.7 Å². The molecule has 0 fully saturated rings. The highest BCUT2D eigenvalue weighted by atomic mass is 16.5. The van der Waals surface area contributed by atoms with E-state index in [1.165, 1.54) is 0 Å². The monoisotopic (exact) mass is 157 g/mol. The van der Waals surface area contributed by atoms with Crippen LogP contribution in [0.2, 0.25) is 0 Å². The molecule has 0 aromatic rings. The molecule has 0 amide bonds. The Labute approximate surface area is 69.6 Å². The fourth-order valence-electron chi connectivity index (χ4n) is 0.785. The van der Waals surface area contributed by atoms with Crippen LogP contribution in [0.1, 0.15) is 20.3 Å². The quantitative estimate of drug-likeness (QED) is 0.566. The molecule has 11 heavy (non-hydrogen) atoms. The van der Waals surface area contributed by atoms with Crippen molar-refractivity contribution in [1.29, 1.82) is 0 Å². The first-order valence-corrected chi connectivity index (χ1v) is 4.28. The van der Waals surface area contributed by atoms with Crippen molar-refractivity contribution in [3.63, 3.8) is 0 Å². The fourth-order valence-corrected chi connectivity index (χ4v) is 0.785. The lowest BCUT2D eigenvalue weighted by Gasteiger charge is -2.13. The molecule has 1 unspecified atom stereocenters. The van der Waals surface area contributed by atoms with Gasteiger partial charge in [0.2, 0.25) is 0 Å². The van der Waals surface area contributed by atoms with Gasteiger partial charge in [0.05, 0.1) is 6.61 Å². The van der Waals surface area contributed by atoms with Crippen molar-refractivity contribution in [1.82, 2.24) is 5.32 Å². The van der Waals surface area contributed by atoms with E-state index >= 15 is 0 Å². The fraction of sp³-hybridized carbons (Fsp3) is 0.778. The van der Waals surface area contributed by atoms with Crippen molar-refractivity contribution < 1.29 is 4.74 Å². The Balaban J connectivity index is 3.33. The molecule has 66 valence electrons. The number of nitrogens with one attached hydrogen (secondary N) is 1. The molecular formula is C9H19NO. The van der Waals surface area contributed by atoms with Gasteiger partial charge in [0.1, 0.15) is 0 Å². The maximum absolute atomic E-state index is 5.25. The van der Waals surface area contributed by atoms with Gasteiger partial charge in [-0.1, -0.05) is 13.0 Å². The first-order valence-electron chi connectivity index (χ1n) is 4.28. The largest absolute Gasteiger partial charge is 0.380 e. The van der Waals surface area contributed by atoms with E-state index in [1.807, 2.05) is 13.0 Å². The van der Waals surface area contributed by atoms with E-state index < -0.39 is 0 Å². The molecule has 0 heterocycles. The highest BCUT2D eigenvalue weighted by molar-refractivity contribution is 4.84. The van der Waals surface area contributed by atoms with E-state index in [0.717, 1.165) is 26.2 Å². The summed E-state index contributed by atoms with van der Waals surface area (Å²) in [4.78, 5) is 0. The lowest BCUT2D eigenvalue weighted by molar-refractivity contribution is 0.134. The Hall–Kier alpha value is -0.340. The molecular weight excluding hydrogens is 138 g/mol. The van der Waals surface area contributed by atoms with E-state index in [-0.39, 0.29) is 0 Å². The summed E-state index contributed by atoms with van der Waals surface area (Å²) in [5.41, 5.74) is 0. The molecule has 0 rings (SSSR count). The molecule has 2 nitrogen and oxygen atoms in total. The highest BCUT2D eigenvalue weighted by Crippen LogP contribution is 1.87. The smallest absolute Gasteiger partial charge is 0.0655 e. The van der Waals surface area contributed by atoms with Crippen LogP contribution in [0.25, 0.3) is 0 Å². The minimum absolute atomic E-state index is 0.315. The van der Waals surface area contributed by atoms with E-state index in [4.69, 9.17) is 4.74 Å². The SMILES string of the molecule is C=CC(COCC)NCCC. The maximum atomic E-state index is 5.25. The van der Waals surface area contributed by atoms with Gasteiger partial charge in [0.25, 0.3) is 0 Å². The number of hydrogen-bond acceptors (Lipinski definition) is 2. The van der Waals surface area contributed by atoms with Crippen LogP contribution >= 0.6 is 0 Å². The second kappa shape index (κ2) is 7.76. The molecule has 1 N–H and O–H groups in total. The lowest BCUT2D eigenvalue weighted by atomic mass is 10.3. The summed E-state index contributed by atoms with van der Waals surface area (Å²) in [6, 6.07) is 0.315. The Kier molecular flexibility index (Phi) is 7.52. The summed E-state index contributed by atoms with van der Waals surface area (Å²) in [5.74, 6) is 0. The molecule has 2 heteroatoms. The maximum Gasteiger partial charge on any atom is 0.0655 e. The standard InChI is InChI=1S/C9H19NO/c1-4-7-10-9(5-2)8-11-6-3/h5,9-10H,2,4,6-8H2,1,3H3. The number of hydrogen-bond donors (Lipinski definition) is 1. The van der Waals surface area contributed by atoms with Gasteiger partial charge in [0.15, 0.2) is 0 Å². The van der Waals surface area contributed by atoms with Crippen molar-refractivity contribution in [2.24, 2.45) is 0 Å². The van der Waals surface area contributed by atoms with Crippen molar-refractivity contribution in [2.75, 3.05) is 19.8 Å². The first kappa shape index (κ1) is 10.7. The van der Waals surface area contributed by atoms with Gasteiger partial charge < -0.3 is 10.1 Å². The van der Waals surface area contributed by atoms with Gasteiger partial charge in [0, 0.05) is 12.6 Å². The summed E-state index contributed by atoms with van der Waals surface area (Å²) in [6.07, 6.45) is 3.04. The molecule has 0 saturated heterocycles. The van der Waals surface area contributed by atoms with Crippen molar-refractivity contribution in [3.05, 3.63) is 12.7 Å². The highest BCUT2D eigenvalue weighted by Gasteiger charge is 2.00. The van der Waals surface area contributed by atoms with Gasteiger partial charge >= 0.3 is 0 Å². The summed E-state index contributed by atoms with van der Waals surface area (Å²) in [7, 11) is 0. The Morgan fingerprint density at radius 3 is 2.73 bits per heavy atom. The van der Waals surface area contributed by atoms with E-state index in [2.05, 4.69) is 18.8 Å². The van der Waals surface area contributed by atoms with Crippen LogP contribution in [0.3, 0.4) is 0 Å². The first-order chi connectivity index (χ1) is 5.35. The third-order valence-corrected chi connectivity index (χ3v) is 1.44. The molecule has 0 aliphatic rings. The number of ether oxygens (including phenoxy) is 1. The van der Waals surface area contributed by atoms with Crippen LogP contribution < -0.4 is 5.32 Å². The molecule has 0 aromatic carbocycles. The average molecular weight is 157 g/mol. The summed E-state index contributed by atoms with van der Waals surface area (Å²) in [6.45, 7) is 10.4. The zero-order valence-electron chi connectivity index (χ0n) is 7.60. The van der Waals surface area contributed by atoms with E-state index in [1.54, 1.807) is 0 Å². The zero-order valence-corrected chi connectivity index (χ0v) is 7.60. The lowest BCUT2D eigenvalue weighted by Crippen LogP contribution is -2.32. The second-order valence-corrected chi connectivity index (χ2v) is 2.46. The topological polar surface area (TPSA) is 21.3 Å². The number of rotatable bonds is 7. The normalized spacial score (nSPS) is 12.9. The molecule has 0 radical (unpaired) electrons. The van der Waals surface area contributed by atoms with Crippen molar-refractivity contribution in [2.45, 2.75) is 26.3 Å². The van der Waals surface area contributed by atoms with Gasteiger partial charge in [-0.3, -0.25) is 0 Å². The molecule has 0 bridgehead atoms. The average Bonchev–Trinajstić information content (AvgIpc) is 2.05. The summed E-state index contributed by atoms with van der Waals surface area (Å²) < 4.78 is 5.25. The van der Waals surface area contributed by atoms with Crippen LogP contribution in [0, 0.1) is 0 Å². The molecule has 0 saturated carbocycles. The minimum atomic E-state index is 0.315. The summed E-state index contributed by atoms with van der Waals surface area (Å²) >= 11 is 0. The Morgan fingerprint density at radius 2 is 2.27 bits per heavy atom. The van der Waals surface area contributed by atoms with E-state index in [0.29, 0.717) is 6.04 Å². The van der Waals surface area contributed by atoms with Crippen LogP contribution in [0.5, 0.6) is 0 Å². The molecule has 0 aliphatic heterocycles. The molecule has 0 aromatic heterocycles. The molecule has 1 atom stereocenters. The zero-order chi connectivity index (χ0) is 8.53. The van der Waals surface area contributed by atoms with Gasteiger partial charge in [-0.25, -0.2) is 0 Å². The van der Waals surface area contributed by atoms with Gasteiger partial charge in [-0.15, -0.1) is 6.58 Å². The Bertz CT molecular complexity index is 85.6. The molecule has 0 aliphatic carbocycles. The summed E-state index contributed by atoms with van der Waals surface area (Å²) in [5, 5.41) is 3.31. The van der Waals surface area contributed by atoms with E-state index in [9.17, 15) is 0 Å². The predicted molar refractivity (Wildman–Crippen MR) is 48.8 cm³/mol. The molecule has 0 spiro atoms. The van der Waals surface area contributed by atoms with Crippen LogP contribution in [-0.4, -0.2) is 25.8 Å². The third-order valence-electron chi connectivity index (χ3n) is 1.44. The van der Waals surface area contributed by atoms with Crippen molar-refractivity contribution >= 4 is 0 Å². The third kappa shape index (κ3) is 6.07. The van der Waals surface area contributed by atoms with Crippen molar-refractivity contribution in [3.8, 4) is 0 Å².